The zero-order chi connectivity index (χ0) is 7.68. The molecule has 3 rings (SSSR count). The first kappa shape index (κ1) is 9.83. The lowest BCUT2D eigenvalue weighted by Gasteiger charge is -2.44. The van der Waals surface area contributed by atoms with E-state index in [1.165, 1.54) is 32.4 Å². The van der Waals surface area contributed by atoms with Crippen molar-refractivity contribution in [2.75, 3.05) is 13.1 Å². The van der Waals surface area contributed by atoms with Gasteiger partial charge in [-0.25, -0.2) is 0 Å². The van der Waals surface area contributed by atoms with Gasteiger partial charge >= 0.3 is 0 Å². The molecule has 0 aromatic carbocycles. The zero-order valence-corrected chi connectivity index (χ0v) is 8.02. The summed E-state index contributed by atoms with van der Waals surface area (Å²) in [6.07, 6.45) is 4.79. The van der Waals surface area contributed by atoms with Crippen molar-refractivity contribution in [1.29, 1.82) is 5.26 Å². The molecule has 0 spiro atoms. The number of hydrogen-bond donors (Lipinski definition) is 0. The summed E-state index contributed by atoms with van der Waals surface area (Å²) in [5, 5.41) is 8.57. The fourth-order valence-electron chi connectivity index (χ4n) is 2.41. The molecule has 0 aromatic rings. The van der Waals surface area contributed by atoms with Crippen molar-refractivity contribution in [2.45, 2.75) is 31.7 Å². The van der Waals surface area contributed by atoms with E-state index in [1.54, 1.807) is 0 Å². The number of hydrogen-bond acceptors (Lipinski definition) is 2. The molecule has 3 heterocycles. The zero-order valence-electron chi connectivity index (χ0n) is 7.20. The fraction of sp³-hybridized carbons (Fsp3) is 0.889. The predicted octanol–water partition coefficient (Wildman–Crippen LogP) is 1.81. The van der Waals surface area contributed by atoms with Crippen molar-refractivity contribution in [3.8, 4) is 6.07 Å². The Kier molecular flexibility index (Phi) is 3.37. The second-order valence-electron chi connectivity index (χ2n) is 3.73. The molecule has 3 aliphatic heterocycles. The van der Waals surface area contributed by atoms with Gasteiger partial charge < -0.3 is 0 Å². The van der Waals surface area contributed by atoms with Crippen LogP contribution in [0.1, 0.15) is 25.7 Å². The Bertz CT molecular complexity index is 179. The summed E-state index contributed by atoms with van der Waals surface area (Å²) in [6.45, 7) is 2.49. The van der Waals surface area contributed by atoms with Gasteiger partial charge in [-0.2, -0.15) is 5.26 Å². The molecule has 0 N–H and O–H groups in total. The van der Waals surface area contributed by atoms with E-state index < -0.39 is 0 Å². The number of piperidine rings is 3. The van der Waals surface area contributed by atoms with Gasteiger partial charge in [0.05, 0.1) is 12.5 Å². The molecule has 12 heavy (non-hydrogen) atoms. The summed E-state index contributed by atoms with van der Waals surface area (Å²) in [5.41, 5.74) is 0. The van der Waals surface area contributed by atoms with Crippen molar-refractivity contribution in [2.24, 2.45) is 5.92 Å². The SMILES string of the molecule is Cl.N#CCC1CC2CCN1CC2. The molecule has 3 heteroatoms. The van der Waals surface area contributed by atoms with E-state index in [1.807, 2.05) is 0 Å². The molecular formula is C9H15ClN2. The molecule has 2 bridgehead atoms. The fourth-order valence-corrected chi connectivity index (χ4v) is 2.41. The first-order chi connectivity index (χ1) is 5.40. The Morgan fingerprint density at radius 3 is 2.42 bits per heavy atom. The van der Waals surface area contributed by atoms with E-state index in [4.69, 9.17) is 5.26 Å². The summed E-state index contributed by atoms with van der Waals surface area (Å²) in [6, 6.07) is 2.88. The number of nitrogens with zero attached hydrogens (tertiary/aromatic N) is 2. The average molecular weight is 187 g/mol. The van der Waals surface area contributed by atoms with Gasteiger partial charge in [-0.15, -0.1) is 12.4 Å². The van der Waals surface area contributed by atoms with Crippen LogP contribution in [0.3, 0.4) is 0 Å². The van der Waals surface area contributed by atoms with Gasteiger partial charge in [-0.1, -0.05) is 0 Å². The second kappa shape index (κ2) is 4.11. The van der Waals surface area contributed by atoms with E-state index in [-0.39, 0.29) is 12.4 Å². The van der Waals surface area contributed by atoms with Crippen LogP contribution in [0.25, 0.3) is 0 Å². The van der Waals surface area contributed by atoms with Crippen molar-refractivity contribution in [3.05, 3.63) is 0 Å². The van der Waals surface area contributed by atoms with E-state index in [0.717, 1.165) is 12.3 Å². The molecule has 3 fully saturated rings. The summed E-state index contributed by atoms with van der Waals surface area (Å²) < 4.78 is 0. The van der Waals surface area contributed by atoms with Crippen LogP contribution in [0.4, 0.5) is 0 Å². The van der Waals surface area contributed by atoms with Gasteiger partial charge in [-0.05, 0) is 38.3 Å². The minimum absolute atomic E-state index is 0. The molecule has 68 valence electrons. The van der Waals surface area contributed by atoms with Gasteiger partial charge in [-0.3, -0.25) is 4.90 Å². The molecule has 0 radical (unpaired) electrons. The van der Waals surface area contributed by atoms with Gasteiger partial charge in [0.15, 0.2) is 0 Å². The lowest BCUT2D eigenvalue weighted by atomic mass is 9.82. The van der Waals surface area contributed by atoms with Gasteiger partial charge in [0.25, 0.3) is 0 Å². The maximum absolute atomic E-state index is 8.57. The lowest BCUT2D eigenvalue weighted by Crippen LogP contribution is -2.48. The largest absolute Gasteiger partial charge is 0.299 e. The van der Waals surface area contributed by atoms with Gasteiger partial charge in [0, 0.05) is 6.04 Å². The Hall–Kier alpha value is -0.260. The van der Waals surface area contributed by atoms with Crippen LogP contribution >= 0.6 is 12.4 Å². The van der Waals surface area contributed by atoms with Crippen LogP contribution in [0.5, 0.6) is 0 Å². The summed E-state index contributed by atoms with van der Waals surface area (Å²) in [5.74, 6) is 0.943. The summed E-state index contributed by atoms with van der Waals surface area (Å²) in [7, 11) is 0. The van der Waals surface area contributed by atoms with Crippen LogP contribution in [-0.2, 0) is 0 Å². The highest BCUT2D eigenvalue weighted by molar-refractivity contribution is 5.85. The lowest BCUT2D eigenvalue weighted by molar-refractivity contribution is 0.0521. The topological polar surface area (TPSA) is 27.0 Å². The molecule has 3 saturated heterocycles. The van der Waals surface area contributed by atoms with E-state index in [2.05, 4.69) is 11.0 Å². The maximum atomic E-state index is 8.57. The average Bonchev–Trinajstić information content (AvgIpc) is 2.07. The van der Waals surface area contributed by atoms with Crippen LogP contribution in [0.2, 0.25) is 0 Å². The van der Waals surface area contributed by atoms with E-state index in [9.17, 15) is 0 Å². The van der Waals surface area contributed by atoms with Crippen molar-refractivity contribution < 1.29 is 0 Å². The molecule has 0 amide bonds. The summed E-state index contributed by atoms with van der Waals surface area (Å²) in [4.78, 5) is 2.49. The number of rotatable bonds is 1. The quantitative estimate of drug-likeness (QED) is 0.625. The van der Waals surface area contributed by atoms with Crippen LogP contribution in [-0.4, -0.2) is 24.0 Å². The van der Waals surface area contributed by atoms with Crippen LogP contribution in [0, 0.1) is 17.2 Å². The summed E-state index contributed by atoms with van der Waals surface area (Å²) >= 11 is 0. The molecule has 1 unspecified atom stereocenters. The van der Waals surface area contributed by atoms with Gasteiger partial charge in [0.1, 0.15) is 0 Å². The number of fused-ring (bicyclic) bond motifs is 3. The Balaban J connectivity index is 0.000000720. The third-order valence-corrected chi connectivity index (χ3v) is 3.10. The van der Waals surface area contributed by atoms with Crippen molar-refractivity contribution in [1.82, 2.24) is 4.90 Å². The standard InChI is InChI=1S/C9H14N2.ClH/c10-4-1-9-7-8-2-5-11(9)6-3-8;/h8-9H,1-3,5-7H2;1H. The minimum atomic E-state index is 0. The third kappa shape index (κ3) is 1.73. The molecule has 0 saturated carbocycles. The smallest absolute Gasteiger partial charge is 0.0638 e. The van der Waals surface area contributed by atoms with Crippen LogP contribution < -0.4 is 0 Å². The Morgan fingerprint density at radius 2 is 2.00 bits per heavy atom. The highest BCUT2D eigenvalue weighted by Crippen LogP contribution is 2.32. The molecular weight excluding hydrogens is 172 g/mol. The Labute approximate surface area is 80.0 Å². The normalized spacial score (nSPS) is 38.4. The van der Waals surface area contributed by atoms with E-state index in [0.29, 0.717) is 6.04 Å². The first-order valence-corrected chi connectivity index (χ1v) is 4.51. The molecule has 0 aliphatic carbocycles. The monoisotopic (exact) mass is 186 g/mol. The minimum Gasteiger partial charge on any atom is -0.299 e. The highest BCUT2D eigenvalue weighted by Gasteiger charge is 2.32. The molecule has 3 aliphatic rings. The first-order valence-electron chi connectivity index (χ1n) is 4.51. The second-order valence-corrected chi connectivity index (χ2v) is 3.73. The third-order valence-electron chi connectivity index (χ3n) is 3.10. The predicted molar refractivity (Wildman–Crippen MR) is 50.2 cm³/mol. The van der Waals surface area contributed by atoms with Gasteiger partial charge in [0.2, 0.25) is 0 Å². The molecule has 2 nitrogen and oxygen atoms in total. The van der Waals surface area contributed by atoms with Crippen molar-refractivity contribution in [3.63, 3.8) is 0 Å². The Morgan fingerprint density at radius 1 is 1.33 bits per heavy atom. The van der Waals surface area contributed by atoms with Crippen LogP contribution in [0.15, 0.2) is 0 Å². The maximum Gasteiger partial charge on any atom is 0.0638 e. The highest BCUT2D eigenvalue weighted by atomic mass is 35.5. The number of nitriles is 1. The number of halogens is 1. The van der Waals surface area contributed by atoms with Crippen molar-refractivity contribution >= 4 is 12.4 Å². The molecule has 1 atom stereocenters. The van der Waals surface area contributed by atoms with E-state index >= 15 is 0 Å². The molecule has 0 aromatic heterocycles.